The predicted molar refractivity (Wildman–Crippen MR) is 79.9 cm³/mol. The number of hydrogen-bond donors (Lipinski definition) is 1. The highest BCUT2D eigenvalue weighted by Crippen LogP contribution is 2.12. The molecule has 0 aromatic heterocycles. The third kappa shape index (κ3) is 7.16. The summed E-state index contributed by atoms with van der Waals surface area (Å²) in [5.41, 5.74) is 0.751. The van der Waals surface area contributed by atoms with Crippen molar-refractivity contribution in [2.75, 3.05) is 6.61 Å². The highest BCUT2D eigenvalue weighted by molar-refractivity contribution is 5.89. The van der Waals surface area contributed by atoms with E-state index in [1.54, 1.807) is 0 Å². The third-order valence-electron chi connectivity index (χ3n) is 3.34. The first-order chi connectivity index (χ1) is 9.38. The van der Waals surface area contributed by atoms with Gasteiger partial charge < -0.3 is 9.94 Å². The van der Waals surface area contributed by atoms with E-state index in [1.807, 2.05) is 12.2 Å². The molecule has 3 nitrogen and oxygen atoms in total. The first-order valence-electron chi connectivity index (χ1n) is 7.54. The van der Waals surface area contributed by atoms with Crippen molar-refractivity contribution < 1.29 is 9.94 Å². The fourth-order valence-electron chi connectivity index (χ4n) is 2.13. The van der Waals surface area contributed by atoms with E-state index in [2.05, 4.69) is 24.2 Å². The molecule has 0 bridgehead atoms. The van der Waals surface area contributed by atoms with Crippen molar-refractivity contribution in [1.82, 2.24) is 0 Å². The summed E-state index contributed by atoms with van der Waals surface area (Å²) in [6.07, 6.45) is 16.9. The van der Waals surface area contributed by atoms with Gasteiger partial charge in [-0.15, -0.1) is 0 Å². The van der Waals surface area contributed by atoms with Gasteiger partial charge in [-0.05, 0) is 32.1 Å². The van der Waals surface area contributed by atoms with Gasteiger partial charge in [-0.1, -0.05) is 55.6 Å². The summed E-state index contributed by atoms with van der Waals surface area (Å²) < 4.78 is 5.82. The molecule has 108 valence electrons. The number of hydrogen-bond acceptors (Lipinski definition) is 3. The number of unbranched alkanes of at least 4 members (excludes halogenated alkanes) is 1. The minimum absolute atomic E-state index is 0.180. The van der Waals surface area contributed by atoms with E-state index in [-0.39, 0.29) is 6.10 Å². The van der Waals surface area contributed by atoms with Gasteiger partial charge in [0.05, 0.1) is 5.71 Å². The molecule has 0 aromatic rings. The van der Waals surface area contributed by atoms with Crippen molar-refractivity contribution in [2.45, 2.75) is 64.4 Å². The van der Waals surface area contributed by atoms with E-state index in [9.17, 15) is 5.21 Å². The molecule has 3 heteroatoms. The second-order valence-electron chi connectivity index (χ2n) is 5.00. The lowest BCUT2D eigenvalue weighted by Gasteiger charge is -2.16. The molecule has 0 heterocycles. The van der Waals surface area contributed by atoms with Crippen molar-refractivity contribution in [2.24, 2.45) is 5.16 Å². The second kappa shape index (κ2) is 10.8. The molecule has 1 atom stereocenters. The summed E-state index contributed by atoms with van der Waals surface area (Å²) in [5.74, 6) is 0. The van der Waals surface area contributed by atoms with Gasteiger partial charge in [0.2, 0.25) is 0 Å². The van der Waals surface area contributed by atoms with Crippen LogP contribution in [-0.4, -0.2) is 23.6 Å². The van der Waals surface area contributed by atoms with Crippen LogP contribution in [0.15, 0.2) is 29.5 Å². The zero-order chi connectivity index (χ0) is 13.8. The molecular weight excluding hydrogens is 238 g/mol. The Morgan fingerprint density at radius 3 is 2.89 bits per heavy atom. The Balaban J connectivity index is 2.64. The highest BCUT2D eigenvalue weighted by Gasteiger charge is 2.14. The molecule has 0 saturated carbocycles. The van der Waals surface area contributed by atoms with E-state index in [1.165, 1.54) is 19.3 Å². The first-order valence-corrected chi connectivity index (χ1v) is 7.54. The molecule has 0 amide bonds. The summed E-state index contributed by atoms with van der Waals surface area (Å²) >= 11 is 0. The summed E-state index contributed by atoms with van der Waals surface area (Å²) in [6, 6.07) is 0. The molecule has 1 rings (SSSR count). The number of ether oxygens (including phenoxy) is 1. The highest BCUT2D eigenvalue weighted by atomic mass is 16.5. The van der Waals surface area contributed by atoms with Crippen molar-refractivity contribution >= 4 is 5.71 Å². The molecule has 19 heavy (non-hydrogen) atoms. The number of nitrogens with zero attached hydrogens (tertiary/aromatic N) is 1. The average Bonchev–Trinajstić information content (AvgIpc) is 2.41. The smallest absolute Gasteiger partial charge is 0.117 e. The van der Waals surface area contributed by atoms with Gasteiger partial charge in [-0.25, -0.2) is 0 Å². The summed E-state index contributed by atoms with van der Waals surface area (Å²) in [6.45, 7) is 2.86. The lowest BCUT2D eigenvalue weighted by Crippen LogP contribution is -2.23. The molecule has 0 saturated heterocycles. The first kappa shape index (κ1) is 16.0. The Kier molecular flexibility index (Phi) is 9.07. The van der Waals surface area contributed by atoms with Crippen molar-refractivity contribution in [3.63, 3.8) is 0 Å². The second-order valence-corrected chi connectivity index (χ2v) is 5.00. The van der Waals surface area contributed by atoms with Crippen LogP contribution >= 0.6 is 0 Å². The van der Waals surface area contributed by atoms with Crippen LogP contribution < -0.4 is 0 Å². The number of rotatable bonds is 4. The Morgan fingerprint density at radius 2 is 2.11 bits per heavy atom. The molecule has 1 aliphatic carbocycles. The van der Waals surface area contributed by atoms with E-state index in [0.29, 0.717) is 6.61 Å². The quantitative estimate of drug-likeness (QED) is 0.463. The van der Waals surface area contributed by atoms with Crippen LogP contribution in [0.4, 0.5) is 0 Å². The van der Waals surface area contributed by atoms with E-state index in [4.69, 9.17) is 4.74 Å². The average molecular weight is 265 g/mol. The monoisotopic (exact) mass is 265 g/mol. The Hall–Kier alpha value is -1.09. The maximum atomic E-state index is 9.18. The zero-order valence-corrected chi connectivity index (χ0v) is 12.1. The van der Waals surface area contributed by atoms with E-state index >= 15 is 0 Å². The molecule has 0 spiro atoms. The van der Waals surface area contributed by atoms with Crippen LogP contribution in [0.2, 0.25) is 0 Å². The lowest BCUT2D eigenvalue weighted by molar-refractivity contribution is 0.119. The molecule has 1 unspecified atom stereocenters. The van der Waals surface area contributed by atoms with Crippen LogP contribution in [0.1, 0.15) is 58.3 Å². The van der Waals surface area contributed by atoms with Gasteiger partial charge >= 0.3 is 0 Å². The summed E-state index contributed by atoms with van der Waals surface area (Å²) in [4.78, 5) is 0. The minimum Gasteiger partial charge on any atom is -0.411 e. The topological polar surface area (TPSA) is 41.8 Å². The van der Waals surface area contributed by atoms with Crippen molar-refractivity contribution in [3.05, 3.63) is 24.3 Å². The maximum absolute atomic E-state index is 9.18. The van der Waals surface area contributed by atoms with Gasteiger partial charge in [-0.3, -0.25) is 0 Å². The van der Waals surface area contributed by atoms with Crippen molar-refractivity contribution in [1.29, 1.82) is 0 Å². The van der Waals surface area contributed by atoms with Crippen molar-refractivity contribution in [3.8, 4) is 0 Å². The standard InChI is InChI=1S/C16H27NO2/c1-2-3-14-19-16-13-11-9-7-5-4-6-8-10-12-15(16)17-18/h7,9,11,13,16,18H,2-6,8,10,12,14H2,1H3. The Labute approximate surface area is 117 Å². The predicted octanol–water partition coefficient (Wildman–Crippen LogP) is 4.47. The van der Waals surface area contributed by atoms with Gasteiger partial charge in [0, 0.05) is 6.61 Å². The largest absolute Gasteiger partial charge is 0.411 e. The van der Waals surface area contributed by atoms with Gasteiger partial charge in [0.1, 0.15) is 6.10 Å². The molecule has 0 fully saturated rings. The SMILES string of the molecule is CCCCOC1C=CC=CCCCCCCC1=NO. The summed E-state index contributed by atoms with van der Waals surface area (Å²) in [7, 11) is 0. The van der Waals surface area contributed by atoms with Crippen LogP contribution in [0.5, 0.6) is 0 Å². The minimum atomic E-state index is -0.180. The molecule has 0 aliphatic heterocycles. The summed E-state index contributed by atoms with van der Waals surface area (Å²) in [5, 5.41) is 12.6. The Morgan fingerprint density at radius 1 is 1.26 bits per heavy atom. The lowest BCUT2D eigenvalue weighted by atomic mass is 10.0. The van der Waals surface area contributed by atoms with E-state index in [0.717, 1.165) is 37.8 Å². The molecule has 0 aromatic carbocycles. The zero-order valence-electron chi connectivity index (χ0n) is 12.1. The van der Waals surface area contributed by atoms with Gasteiger partial charge in [0.25, 0.3) is 0 Å². The molecule has 1 N–H and O–H groups in total. The Bertz CT molecular complexity index is 308. The number of oxime groups is 1. The number of allylic oxidation sites excluding steroid dienone is 3. The molecular formula is C16H27NO2. The maximum Gasteiger partial charge on any atom is 0.117 e. The fraction of sp³-hybridized carbons (Fsp3) is 0.688. The molecule has 1 aliphatic rings. The fourth-order valence-corrected chi connectivity index (χ4v) is 2.13. The van der Waals surface area contributed by atoms with Crippen LogP contribution in [0.3, 0.4) is 0 Å². The molecule has 0 radical (unpaired) electrons. The van der Waals surface area contributed by atoms with E-state index < -0.39 is 0 Å². The van der Waals surface area contributed by atoms with Crippen LogP contribution in [0.25, 0.3) is 0 Å². The van der Waals surface area contributed by atoms with Crippen LogP contribution in [-0.2, 0) is 4.74 Å². The van der Waals surface area contributed by atoms with Gasteiger partial charge in [-0.2, -0.15) is 0 Å². The van der Waals surface area contributed by atoms with Gasteiger partial charge in [0.15, 0.2) is 0 Å². The van der Waals surface area contributed by atoms with Crippen LogP contribution in [0, 0.1) is 0 Å². The third-order valence-corrected chi connectivity index (χ3v) is 3.34. The normalized spacial score (nSPS) is 24.1.